The molecular formula is C18H27N3O3. The van der Waals surface area contributed by atoms with Crippen molar-refractivity contribution in [2.24, 2.45) is 5.92 Å². The molecule has 0 spiro atoms. The average molecular weight is 333 g/mol. The summed E-state index contributed by atoms with van der Waals surface area (Å²) in [5.74, 6) is 1.55. The topological polar surface area (TPSA) is 88.3 Å². The normalized spacial score (nSPS) is 25.5. The summed E-state index contributed by atoms with van der Waals surface area (Å²) in [7, 11) is 0. The van der Waals surface area contributed by atoms with Crippen LogP contribution in [0.2, 0.25) is 0 Å². The maximum Gasteiger partial charge on any atom is 0.249 e. The van der Waals surface area contributed by atoms with Crippen LogP contribution in [0.3, 0.4) is 0 Å². The highest BCUT2D eigenvalue weighted by atomic mass is 16.5. The summed E-state index contributed by atoms with van der Waals surface area (Å²) in [5.41, 5.74) is -0.552. The number of nitrogens with zero attached hydrogens (tertiary/aromatic N) is 2. The average Bonchev–Trinajstić information content (AvgIpc) is 3.15. The molecule has 2 N–H and O–H groups in total. The van der Waals surface area contributed by atoms with Crippen molar-refractivity contribution < 1.29 is 14.4 Å². The zero-order valence-electron chi connectivity index (χ0n) is 14.2. The highest BCUT2D eigenvalue weighted by molar-refractivity contribution is 5.81. The number of aromatic nitrogens is 2. The van der Waals surface area contributed by atoms with Gasteiger partial charge in [-0.3, -0.25) is 4.79 Å². The maximum atomic E-state index is 12.7. The van der Waals surface area contributed by atoms with E-state index in [1.165, 1.54) is 6.42 Å². The Hall–Kier alpha value is -1.43. The first-order chi connectivity index (χ1) is 11.7. The highest BCUT2D eigenvalue weighted by Gasteiger charge is 2.44. The van der Waals surface area contributed by atoms with Gasteiger partial charge in [0, 0.05) is 5.92 Å². The molecule has 0 radical (unpaired) electrons. The molecule has 6 heteroatoms. The highest BCUT2D eigenvalue weighted by Crippen LogP contribution is 2.42. The first kappa shape index (κ1) is 16.1. The molecule has 3 aliphatic rings. The number of hydrogen-bond acceptors (Lipinski definition) is 5. The summed E-state index contributed by atoms with van der Waals surface area (Å²) >= 11 is 0. The number of rotatable bonds is 5. The molecule has 24 heavy (non-hydrogen) atoms. The van der Waals surface area contributed by atoms with Gasteiger partial charge in [0.05, 0.1) is 0 Å². The molecule has 3 aliphatic carbocycles. The second-order valence-electron chi connectivity index (χ2n) is 7.85. The summed E-state index contributed by atoms with van der Waals surface area (Å²) in [6, 6.07) is 0. The fourth-order valence-electron chi connectivity index (χ4n) is 4.28. The second-order valence-corrected chi connectivity index (χ2v) is 7.85. The van der Waals surface area contributed by atoms with Crippen molar-refractivity contribution in [1.82, 2.24) is 15.5 Å². The molecular weight excluding hydrogens is 306 g/mol. The van der Waals surface area contributed by atoms with Crippen molar-refractivity contribution in [3.05, 3.63) is 11.7 Å². The zero-order chi connectivity index (χ0) is 16.6. The minimum absolute atomic E-state index is 0.0875. The van der Waals surface area contributed by atoms with E-state index in [1.807, 2.05) is 0 Å². The van der Waals surface area contributed by atoms with Crippen molar-refractivity contribution in [3.63, 3.8) is 0 Å². The lowest BCUT2D eigenvalue weighted by Crippen LogP contribution is -2.50. The van der Waals surface area contributed by atoms with Gasteiger partial charge in [-0.15, -0.1) is 0 Å². The molecule has 6 nitrogen and oxygen atoms in total. The van der Waals surface area contributed by atoms with Crippen LogP contribution in [-0.2, 0) is 10.3 Å². The third-order valence-corrected chi connectivity index (χ3v) is 5.98. The van der Waals surface area contributed by atoms with Gasteiger partial charge in [-0.25, -0.2) is 0 Å². The Kier molecular flexibility index (Phi) is 4.33. The molecule has 3 fully saturated rings. The van der Waals surface area contributed by atoms with Crippen molar-refractivity contribution in [2.45, 2.75) is 88.2 Å². The summed E-state index contributed by atoms with van der Waals surface area (Å²) in [6.07, 6.45) is 10.3. The molecule has 0 aliphatic heterocycles. The van der Waals surface area contributed by atoms with Crippen LogP contribution in [-0.4, -0.2) is 27.3 Å². The predicted molar refractivity (Wildman–Crippen MR) is 87.1 cm³/mol. The van der Waals surface area contributed by atoms with Crippen molar-refractivity contribution in [3.8, 4) is 0 Å². The van der Waals surface area contributed by atoms with Crippen LogP contribution in [0.25, 0.3) is 0 Å². The number of aliphatic hydroxyl groups is 1. The van der Waals surface area contributed by atoms with Gasteiger partial charge in [-0.05, 0) is 44.4 Å². The first-order valence-corrected chi connectivity index (χ1v) is 9.52. The van der Waals surface area contributed by atoms with Gasteiger partial charge in [0.15, 0.2) is 5.82 Å². The molecule has 3 saturated carbocycles. The van der Waals surface area contributed by atoms with Gasteiger partial charge in [0.2, 0.25) is 11.8 Å². The molecule has 1 atom stereocenters. The third kappa shape index (κ3) is 3.08. The zero-order valence-corrected chi connectivity index (χ0v) is 14.2. The maximum absolute atomic E-state index is 12.7. The van der Waals surface area contributed by atoms with Gasteiger partial charge in [-0.2, -0.15) is 4.98 Å². The Morgan fingerprint density at radius 2 is 1.83 bits per heavy atom. The molecule has 1 aromatic heterocycles. The molecule has 1 amide bonds. The van der Waals surface area contributed by atoms with Crippen LogP contribution in [0, 0.1) is 5.92 Å². The minimum atomic E-state index is -0.919. The SMILES string of the molecule is O=C(NC1(c2noc(C3CC3)n2)CCCC1)C(O)C1CCCCC1. The van der Waals surface area contributed by atoms with Crippen LogP contribution in [0.5, 0.6) is 0 Å². The standard InChI is InChI=1S/C18H27N3O3/c22-14(12-6-2-1-3-7-12)15(23)20-18(10-4-5-11-18)17-19-16(24-21-17)13-8-9-13/h12-14,22H,1-11H2,(H,20,23). The minimum Gasteiger partial charge on any atom is -0.383 e. The lowest BCUT2D eigenvalue weighted by Gasteiger charge is -2.31. The Labute approximate surface area is 142 Å². The van der Waals surface area contributed by atoms with E-state index in [-0.39, 0.29) is 11.8 Å². The summed E-state index contributed by atoms with van der Waals surface area (Å²) < 4.78 is 5.41. The van der Waals surface area contributed by atoms with Gasteiger partial charge in [0.25, 0.3) is 0 Å². The number of hydrogen-bond donors (Lipinski definition) is 2. The van der Waals surface area contributed by atoms with Crippen molar-refractivity contribution in [2.75, 3.05) is 0 Å². The molecule has 1 unspecified atom stereocenters. The van der Waals surface area contributed by atoms with E-state index in [2.05, 4.69) is 15.5 Å². The van der Waals surface area contributed by atoms with Crippen molar-refractivity contribution in [1.29, 1.82) is 0 Å². The summed E-state index contributed by atoms with van der Waals surface area (Å²) in [5, 5.41) is 17.8. The molecule has 4 rings (SSSR count). The fraction of sp³-hybridized carbons (Fsp3) is 0.833. The summed E-state index contributed by atoms with van der Waals surface area (Å²) in [6.45, 7) is 0. The van der Waals surface area contributed by atoms with E-state index in [4.69, 9.17) is 4.52 Å². The Morgan fingerprint density at radius 1 is 1.12 bits per heavy atom. The van der Waals surface area contributed by atoms with Crippen LogP contribution in [0.4, 0.5) is 0 Å². The van der Waals surface area contributed by atoms with Gasteiger partial charge in [-0.1, -0.05) is 37.3 Å². The smallest absolute Gasteiger partial charge is 0.249 e. The lowest BCUT2D eigenvalue weighted by molar-refractivity contribution is -0.135. The van der Waals surface area contributed by atoms with Crippen LogP contribution >= 0.6 is 0 Å². The van der Waals surface area contributed by atoms with Crippen molar-refractivity contribution >= 4 is 5.91 Å². The molecule has 0 aromatic carbocycles. The van der Waals surface area contributed by atoms with Gasteiger partial charge >= 0.3 is 0 Å². The van der Waals surface area contributed by atoms with E-state index in [9.17, 15) is 9.90 Å². The molecule has 0 saturated heterocycles. The predicted octanol–water partition coefficient (Wildman–Crippen LogP) is 2.77. The Morgan fingerprint density at radius 3 is 2.50 bits per heavy atom. The molecule has 1 aromatic rings. The molecule has 0 bridgehead atoms. The monoisotopic (exact) mass is 333 g/mol. The van der Waals surface area contributed by atoms with Crippen LogP contribution < -0.4 is 5.32 Å². The lowest BCUT2D eigenvalue weighted by atomic mass is 9.84. The summed E-state index contributed by atoms with van der Waals surface area (Å²) in [4.78, 5) is 17.3. The van der Waals surface area contributed by atoms with Gasteiger partial charge in [0.1, 0.15) is 11.6 Å². The third-order valence-electron chi connectivity index (χ3n) is 5.98. The number of nitrogens with one attached hydrogen (secondary N) is 1. The van der Waals surface area contributed by atoms with E-state index >= 15 is 0 Å². The molecule has 1 heterocycles. The molecule has 132 valence electrons. The Balaban J connectivity index is 1.48. The fourth-order valence-corrected chi connectivity index (χ4v) is 4.28. The van der Waals surface area contributed by atoms with Crippen LogP contribution in [0.15, 0.2) is 4.52 Å². The number of aliphatic hydroxyl groups excluding tert-OH is 1. The van der Waals surface area contributed by atoms with E-state index < -0.39 is 11.6 Å². The van der Waals surface area contributed by atoms with E-state index in [0.29, 0.717) is 17.6 Å². The van der Waals surface area contributed by atoms with E-state index in [0.717, 1.165) is 64.2 Å². The number of carbonyl (C=O) groups is 1. The largest absolute Gasteiger partial charge is 0.383 e. The number of carbonyl (C=O) groups excluding carboxylic acids is 1. The van der Waals surface area contributed by atoms with Crippen LogP contribution in [0.1, 0.15) is 88.3 Å². The quantitative estimate of drug-likeness (QED) is 0.865. The first-order valence-electron chi connectivity index (χ1n) is 9.52. The van der Waals surface area contributed by atoms with Gasteiger partial charge < -0.3 is 14.9 Å². The number of amides is 1. The Bertz CT molecular complexity index is 584. The van der Waals surface area contributed by atoms with E-state index in [1.54, 1.807) is 0 Å². The second kappa shape index (κ2) is 6.47.